The molecule has 7 heteroatoms. The maximum atomic E-state index is 12.3. The van der Waals surface area contributed by atoms with Gasteiger partial charge in [0.1, 0.15) is 0 Å². The fourth-order valence-corrected chi connectivity index (χ4v) is 3.80. The van der Waals surface area contributed by atoms with E-state index in [1.807, 2.05) is 39.9 Å². The Morgan fingerprint density at radius 3 is 2.65 bits per heavy atom. The lowest BCUT2D eigenvalue weighted by molar-refractivity contribution is -0.131. The second-order valence-corrected chi connectivity index (χ2v) is 7.44. The molecule has 138 valence electrons. The summed E-state index contributed by atoms with van der Waals surface area (Å²) >= 11 is 7.55. The zero-order chi connectivity index (χ0) is 18.4. The highest BCUT2D eigenvalue weighted by atomic mass is 35.5. The molecule has 0 radical (unpaired) electrons. The first kappa shape index (κ1) is 18.7. The molecule has 0 saturated carbocycles. The van der Waals surface area contributed by atoms with Gasteiger partial charge in [-0.2, -0.15) is 11.3 Å². The maximum absolute atomic E-state index is 12.3. The van der Waals surface area contributed by atoms with Gasteiger partial charge in [-0.25, -0.2) is 0 Å². The van der Waals surface area contributed by atoms with Crippen LogP contribution in [0.3, 0.4) is 0 Å². The normalized spacial score (nSPS) is 14.3. The van der Waals surface area contributed by atoms with Gasteiger partial charge in [0, 0.05) is 60.8 Å². The second-order valence-electron chi connectivity index (χ2n) is 6.22. The van der Waals surface area contributed by atoms with Gasteiger partial charge < -0.3 is 15.1 Å². The number of nitrogens with one attached hydrogen (secondary N) is 1. The van der Waals surface area contributed by atoms with Crippen molar-refractivity contribution >= 4 is 40.4 Å². The molecule has 0 spiro atoms. The highest BCUT2D eigenvalue weighted by molar-refractivity contribution is 7.08. The van der Waals surface area contributed by atoms with Crippen LogP contribution in [0.5, 0.6) is 0 Å². The number of nitrogens with zero attached hydrogens (tertiary/aromatic N) is 2. The first-order valence-electron chi connectivity index (χ1n) is 8.72. The van der Waals surface area contributed by atoms with Gasteiger partial charge in [0.15, 0.2) is 0 Å². The third kappa shape index (κ3) is 4.99. The van der Waals surface area contributed by atoms with Crippen LogP contribution in [-0.2, 0) is 4.79 Å². The van der Waals surface area contributed by atoms with Gasteiger partial charge in [-0.05, 0) is 36.1 Å². The van der Waals surface area contributed by atoms with E-state index >= 15 is 0 Å². The highest BCUT2D eigenvalue weighted by Crippen LogP contribution is 2.21. The zero-order valence-corrected chi connectivity index (χ0v) is 16.1. The minimum absolute atomic E-state index is 0.0752. The molecule has 2 aromatic rings. The molecule has 1 aromatic heterocycles. The summed E-state index contributed by atoms with van der Waals surface area (Å²) in [6.07, 6.45) is 1.12. The number of rotatable bonds is 6. The third-order valence-electron chi connectivity index (χ3n) is 4.44. The lowest BCUT2D eigenvalue weighted by Crippen LogP contribution is -2.48. The Kier molecular flexibility index (Phi) is 6.52. The van der Waals surface area contributed by atoms with Gasteiger partial charge in [0.05, 0.1) is 0 Å². The van der Waals surface area contributed by atoms with E-state index in [9.17, 15) is 9.59 Å². The Labute approximate surface area is 162 Å². The van der Waals surface area contributed by atoms with Gasteiger partial charge in [0.25, 0.3) is 5.91 Å². The molecule has 0 unspecified atom stereocenters. The van der Waals surface area contributed by atoms with E-state index in [-0.39, 0.29) is 11.8 Å². The Morgan fingerprint density at radius 1 is 1.15 bits per heavy atom. The minimum Gasteiger partial charge on any atom is -0.368 e. The third-order valence-corrected chi connectivity index (χ3v) is 5.36. The standard InChI is InChI=1S/C19H22ClN3O2S/c20-16-3-1-4-17(13-16)22-8-10-23(11-9-22)18(24)5-2-7-21-19(25)15-6-12-26-14-15/h1,3-4,6,12-14H,2,5,7-11H2,(H,21,25). The Hall–Kier alpha value is -2.05. The molecule has 1 saturated heterocycles. The van der Waals surface area contributed by atoms with Crippen molar-refractivity contribution in [2.75, 3.05) is 37.6 Å². The molecule has 1 fully saturated rings. The molecule has 3 rings (SSSR count). The molecule has 1 aromatic carbocycles. The Morgan fingerprint density at radius 2 is 1.96 bits per heavy atom. The summed E-state index contributed by atoms with van der Waals surface area (Å²) in [6, 6.07) is 9.60. The van der Waals surface area contributed by atoms with Crippen molar-refractivity contribution in [3.05, 3.63) is 51.7 Å². The quantitative estimate of drug-likeness (QED) is 0.769. The summed E-state index contributed by atoms with van der Waals surface area (Å²) in [7, 11) is 0. The van der Waals surface area contributed by atoms with Crippen LogP contribution in [0.1, 0.15) is 23.2 Å². The first-order valence-corrected chi connectivity index (χ1v) is 10.0. The monoisotopic (exact) mass is 391 g/mol. The first-order chi connectivity index (χ1) is 12.6. The summed E-state index contributed by atoms with van der Waals surface area (Å²) in [5.41, 5.74) is 1.78. The SMILES string of the molecule is O=C(NCCCC(=O)N1CCN(c2cccc(Cl)c2)CC1)c1ccsc1. The molecule has 1 aliphatic rings. The Balaban J connectivity index is 1.36. The van der Waals surface area contributed by atoms with Crippen molar-refractivity contribution in [2.24, 2.45) is 0 Å². The predicted octanol–water partition coefficient (Wildman–Crippen LogP) is 3.26. The lowest BCUT2D eigenvalue weighted by atomic mass is 10.2. The largest absolute Gasteiger partial charge is 0.368 e. The number of halogens is 1. The summed E-state index contributed by atoms with van der Waals surface area (Å²) in [5.74, 6) is 0.0781. The van der Waals surface area contributed by atoms with Crippen molar-refractivity contribution in [1.29, 1.82) is 0 Å². The molecular weight excluding hydrogens is 370 g/mol. The number of benzene rings is 1. The zero-order valence-electron chi connectivity index (χ0n) is 14.5. The average Bonchev–Trinajstić information content (AvgIpc) is 3.20. The van der Waals surface area contributed by atoms with E-state index in [1.165, 1.54) is 11.3 Å². The number of thiophene rings is 1. The van der Waals surface area contributed by atoms with Gasteiger partial charge in [-0.1, -0.05) is 17.7 Å². The molecule has 0 bridgehead atoms. The van der Waals surface area contributed by atoms with E-state index < -0.39 is 0 Å². The molecule has 2 amide bonds. The van der Waals surface area contributed by atoms with Gasteiger partial charge >= 0.3 is 0 Å². The van der Waals surface area contributed by atoms with Crippen LogP contribution in [0.4, 0.5) is 5.69 Å². The van der Waals surface area contributed by atoms with Crippen molar-refractivity contribution in [1.82, 2.24) is 10.2 Å². The molecule has 1 aliphatic heterocycles. The van der Waals surface area contributed by atoms with Crippen LogP contribution in [0.25, 0.3) is 0 Å². The molecule has 5 nitrogen and oxygen atoms in total. The van der Waals surface area contributed by atoms with E-state index in [1.54, 1.807) is 6.07 Å². The second kappa shape index (κ2) is 9.05. The fourth-order valence-electron chi connectivity index (χ4n) is 2.98. The fraction of sp³-hybridized carbons (Fsp3) is 0.368. The molecule has 26 heavy (non-hydrogen) atoms. The Bertz CT molecular complexity index is 743. The smallest absolute Gasteiger partial charge is 0.252 e. The van der Waals surface area contributed by atoms with Gasteiger partial charge in [-0.15, -0.1) is 0 Å². The molecule has 0 atom stereocenters. The summed E-state index contributed by atoms with van der Waals surface area (Å²) in [6.45, 7) is 3.56. The van der Waals surface area contributed by atoms with Crippen molar-refractivity contribution < 1.29 is 9.59 Å². The van der Waals surface area contributed by atoms with Crippen molar-refractivity contribution in [3.8, 4) is 0 Å². The number of carbonyl (C=O) groups is 2. The molecular formula is C19H22ClN3O2S. The summed E-state index contributed by atoms with van der Waals surface area (Å²) in [5, 5.41) is 7.28. The van der Waals surface area contributed by atoms with Crippen LogP contribution in [-0.4, -0.2) is 49.4 Å². The van der Waals surface area contributed by atoms with Gasteiger partial charge in [-0.3, -0.25) is 9.59 Å². The van der Waals surface area contributed by atoms with E-state index in [0.29, 0.717) is 38.0 Å². The molecule has 0 aliphatic carbocycles. The van der Waals surface area contributed by atoms with Crippen LogP contribution in [0, 0.1) is 0 Å². The van der Waals surface area contributed by atoms with Gasteiger partial charge in [0.2, 0.25) is 5.91 Å². The minimum atomic E-state index is -0.0752. The number of piperazine rings is 1. The van der Waals surface area contributed by atoms with E-state index in [4.69, 9.17) is 11.6 Å². The number of anilines is 1. The van der Waals surface area contributed by atoms with Crippen LogP contribution in [0.2, 0.25) is 5.02 Å². The van der Waals surface area contributed by atoms with Crippen molar-refractivity contribution in [3.63, 3.8) is 0 Å². The number of hydrogen-bond acceptors (Lipinski definition) is 4. The van der Waals surface area contributed by atoms with Crippen LogP contribution in [0.15, 0.2) is 41.1 Å². The van der Waals surface area contributed by atoms with E-state index in [0.717, 1.165) is 23.8 Å². The van der Waals surface area contributed by atoms with Crippen LogP contribution >= 0.6 is 22.9 Å². The molecule has 1 N–H and O–H groups in total. The summed E-state index contributed by atoms with van der Waals surface area (Å²) < 4.78 is 0. The van der Waals surface area contributed by atoms with E-state index in [2.05, 4.69) is 10.2 Å². The predicted molar refractivity (Wildman–Crippen MR) is 106 cm³/mol. The maximum Gasteiger partial charge on any atom is 0.252 e. The summed E-state index contributed by atoms with van der Waals surface area (Å²) in [4.78, 5) is 28.3. The topological polar surface area (TPSA) is 52.7 Å². The molecule has 2 heterocycles. The number of hydrogen-bond donors (Lipinski definition) is 1. The number of carbonyl (C=O) groups excluding carboxylic acids is 2. The lowest BCUT2D eigenvalue weighted by Gasteiger charge is -2.36. The van der Waals surface area contributed by atoms with Crippen LogP contribution < -0.4 is 10.2 Å². The number of amides is 2. The highest BCUT2D eigenvalue weighted by Gasteiger charge is 2.21. The van der Waals surface area contributed by atoms with Crippen molar-refractivity contribution in [2.45, 2.75) is 12.8 Å². The average molecular weight is 392 g/mol.